The van der Waals surface area contributed by atoms with Crippen molar-refractivity contribution < 1.29 is 13.2 Å². The van der Waals surface area contributed by atoms with E-state index >= 15 is 0 Å². The summed E-state index contributed by atoms with van der Waals surface area (Å²) in [6.45, 7) is 5.81. The lowest BCUT2D eigenvalue weighted by atomic mass is 10.0. The molecule has 4 rings (SSSR count). The van der Waals surface area contributed by atoms with E-state index in [2.05, 4.69) is 11.7 Å². The molecule has 0 amide bonds. The molecule has 0 spiro atoms. The number of allylic oxidation sites excluding steroid dienone is 4. The van der Waals surface area contributed by atoms with Gasteiger partial charge in [0.05, 0.1) is 23.3 Å². The zero-order valence-electron chi connectivity index (χ0n) is 16.2. The third-order valence-electron chi connectivity index (χ3n) is 4.78. The summed E-state index contributed by atoms with van der Waals surface area (Å²) < 4.78 is 42.8. The zero-order valence-corrected chi connectivity index (χ0v) is 16.2. The van der Waals surface area contributed by atoms with Crippen molar-refractivity contribution in [1.82, 2.24) is 14.7 Å². The minimum Gasteiger partial charge on any atom is -0.317 e. The van der Waals surface area contributed by atoms with E-state index in [4.69, 9.17) is 0 Å². The van der Waals surface area contributed by atoms with Crippen LogP contribution in [-0.2, 0) is 0 Å². The summed E-state index contributed by atoms with van der Waals surface area (Å²) in [7, 11) is 0. The maximum atomic E-state index is 14.4. The van der Waals surface area contributed by atoms with E-state index < -0.39 is 11.6 Å². The largest absolute Gasteiger partial charge is 0.317 e. The molecule has 0 saturated carbocycles. The minimum atomic E-state index is -0.656. The van der Waals surface area contributed by atoms with Crippen LogP contribution in [0.25, 0.3) is 17.0 Å². The molecule has 2 heterocycles. The monoisotopic (exact) mass is 405 g/mol. The second kappa shape index (κ2) is 7.91. The fraction of sp³-hybridized carbons (Fsp3) is 0.0417. The number of halogens is 3. The molecule has 0 fully saturated rings. The van der Waals surface area contributed by atoms with Gasteiger partial charge in [0.15, 0.2) is 0 Å². The molecule has 0 bridgehead atoms. The van der Waals surface area contributed by atoms with Crippen LogP contribution in [0.2, 0.25) is 0 Å². The van der Waals surface area contributed by atoms with Crippen LogP contribution in [0, 0.1) is 17.5 Å². The zero-order chi connectivity index (χ0) is 21.3. The summed E-state index contributed by atoms with van der Waals surface area (Å²) >= 11 is 0. The SMILES string of the molecule is C=C1C=CC(c2ccnn2-c2ccc(F)cc2)=CN1/C(=C\C)c1ccc(F)cc1F. The average molecular weight is 405 g/mol. The summed E-state index contributed by atoms with van der Waals surface area (Å²) in [6.07, 6.45) is 8.90. The highest BCUT2D eigenvalue weighted by atomic mass is 19.1. The Bertz CT molecular complexity index is 1200. The second-order valence-corrected chi connectivity index (χ2v) is 6.68. The van der Waals surface area contributed by atoms with Crippen LogP contribution in [0.1, 0.15) is 18.2 Å². The Balaban J connectivity index is 1.76. The third-order valence-corrected chi connectivity index (χ3v) is 4.78. The molecule has 30 heavy (non-hydrogen) atoms. The summed E-state index contributed by atoms with van der Waals surface area (Å²) in [5, 5.41) is 4.34. The highest BCUT2D eigenvalue weighted by molar-refractivity contribution is 5.79. The Labute approximate surface area is 172 Å². The summed E-state index contributed by atoms with van der Waals surface area (Å²) in [6, 6.07) is 11.3. The lowest BCUT2D eigenvalue weighted by molar-refractivity contribution is 0.574. The molecule has 0 radical (unpaired) electrons. The summed E-state index contributed by atoms with van der Waals surface area (Å²) in [5.74, 6) is -1.62. The number of hydrogen-bond donors (Lipinski definition) is 0. The molecule has 0 aliphatic carbocycles. The van der Waals surface area contributed by atoms with Gasteiger partial charge in [-0.25, -0.2) is 17.9 Å². The van der Waals surface area contributed by atoms with Crippen molar-refractivity contribution in [2.24, 2.45) is 0 Å². The van der Waals surface area contributed by atoms with Crippen molar-refractivity contribution in [2.75, 3.05) is 0 Å². The molecule has 0 atom stereocenters. The normalized spacial score (nSPS) is 14.3. The van der Waals surface area contributed by atoms with Gasteiger partial charge in [-0.1, -0.05) is 12.7 Å². The second-order valence-electron chi connectivity index (χ2n) is 6.68. The molecule has 0 N–H and O–H groups in total. The van der Waals surface area contributed by atoms with Gasteiger partial charge in [-0.05, 0) is 61.5 Å². The maximum absolute atomic E-state index is 14.4. The number of hydrogen-bond acceptors (Lipinski definition) is 2. The lowest BCUT2D eigenvalue weighted by Gasteiger charge is -2.28. The molecule has 6 heteroatoms. The Morgan fingerprint density at radius 1 is 0.967 bits per heavy atom. The summed E-state index contributed by atoms with van der Waals surface area (Å²) in [4.78, 5) is 1.74. The van der Waals surface area contributed by atoms with Gasteiger partial charge in [0.1, 0.15) is 17.5 Å². The van der Waals surface area contributed by atoms with Crippen molar-refractivity contribution in [3.63, 3.8) is 0 Å². The molecular weight excluding hydrogens is 387 g/mol. The van der Waals surface area contributed by atoms with E-state index in [0.717, 1.165) is 17.3 Å². The van der Waals surface area contributed by atoms with E-state index in [1.165, 1.54) is 24.3 Å². The smallest absolute Gasteiger partial charge is 0.135 e. The molecule has 2 aromatic carbocycles. The van der Waals surface area contributed by atoms with Crippen molar-refractivity contribution >= 4 is 11.3 Å². The Morgan fingerprint density at radius 2 is 1.70 bits per heavy atom. The van der Waals surface area contributed by atoms with Gasteiger partial charge in [-0.2, -0.15) is 5.10 Å². The number of rotatable bonds is 4. The van der Waals surface area contributed by atoms with Crippen LogP contribution in [-0.4, -0.2) is 14.7 Å². The minimum absolute atomic E-state index is 0.262. The Morgan fingerprint density at radius 3 is 2.40 bits per heavy atom. The molecule has 1 aromatic heterocycles. The fourth-order valence-corrected chi connectivity index (χ4v) is 3.34. The average Bonchev–Trinajstić information content (AvgIpc) is 3.21. The Hall–Kier alpha value is -3.80. The number of aromatic nitrogens is 2. The topological polar surface area (TPSA) is 21.1 Å². The maximum Gasteiger partial charge on any atom is 0.135 e. The van der Waals surface area contributed by atoms with E-state index in [-0.39, 0.29) is 11.4 Å². The van der Waals surface area contributed by atoms with Crippen LogP contribution in [0.5, 0.6) is 0 Å². The van der Waals surface area contributed by atoms with E-state index in [1.807, 2.05) is 24.4 Å². The van der Waals surface area contributed by atoms with Gasteiger partial charge in [0.25, 0.3) is 0 Å². The predicted molar refractivity (Wildman–Crippen MR) is 112 cm³/mol. The van der Waals surface area contributed by atoms with Gasteiger partial charge >= 0.3 is 0 Å². The Kier molecular flexibility index (Phi) is 5.14. The van der Waals surface area contributed by atoms with E-state index in [1.54, 1.807) is 40.9 Å². The van der Waals surface area contributed by atoms with Crippen LogP contribution >= 0.6 is 0 Å². The van der Waals surface area contributed by atoms with Crippen molar-refractivity contribution in [3.8, 4) is 5.69 Å². The van der Waals surface area contributed by atoms with Crippen LogP contribution in [0.3, 0.4) is 0 Å². The molecule has 0 saturated heterocycles. The quantitative estimate of drug-likeness (QED) is 0.525. The number of benzene rings is 2. The molecular formula is C24H18F3N3. The van der Waals surface area contributed by atoms with Gasteiger partial charge in [0.2, 0.25) is 0 Å². The van der Waals surface area contributed by atoms with Gasteiger partial charge < -0.3 is 4.90 Å². The first-order valence-corrected chi connectivity index (χ1v) is 9.28. The number of nitrogens with zero attached hydrogens (tertiary/aromatic N) is 3. The predicted octanol–water partition coefficient (Wildman–Crippen LogP) is 6.08. The van der Waals surface area contributed by atoms with Crippen molar-refractivity contribution in [3.05, 3.63) is 120 Å². The molecule has 1 aliphatic rings. The first kappa shape index (κ1) is 19.5. The van der Waals surface area contributed by atoms with Crippen molar-refractivity contribution in [1.29, 1.82) is 0 Å². The van der Waals surface area contributed by atoms with Gasteiger partial charge in [0, 0.05) is 29.1 Å². The highest BCUT2D eigenvalue weighted by Gasteiger charge is 2.20. The van der Waals surface area contributed by atoms with Crippen LogP contribution < -0.4 is 0 Å². The van der Waals surface area contributed by atoms with E-state index in [9.17, 15) is 13.2 Å². The first-order chi connectivity index (χ1) is 14.5. The fourth-order valence-electron chi connectivity index (χ4n) is 3.34. The van der Waals surface area contributed by atoms with Crippen LogP contribution in [0.15, 0.2) is 91.4 Å². The van der Waals surface area contributed by atoms with Crippen molar-refractivity contribution in [2.45, 2.75) is 6.92 Å². The lowest BCUT2D eigenvalue weighted by Crippen LogP contribution is -2.18. The third kappa shape index (κ3) is 3.59. The van der Waals surface area contributed by atoms with E-state index in [0.29, 0.717) is 17.1 Å². The first-order valence-electron chi connectivity index (χ1n) is 9.28. The highest BCUT2D eigenvalue weighted by Crippen LogP contribution is 2.32. The van der Waals surface area contributed by atoms with Crippen LogP contribution in [0.4, 0.5) is 13.2 Å². The summed E-state index contributed by atoms with van der Waals surface area (Å²) in [5.41, 5.74) is 3.70. The molecule has 3 nitrogen and oxygen atoms in total. The van der Waals surface area contributed by atoms with Gasteiger partial charge in [-0.15, -0.1) is 0 Å². The molecule has 1 aliphatic heterocycles. The molecule has 3 aromatic rings. The van der Waals surface area contributed by atoms with Gasteiger partial charge in [-0.3, -0.25) is 0 Å². The molecule has 150 valence electrons. The standard InChI is InChI=1S/C24H18F3N3/c1-3-23(21-11-8-19(26)14-22(21)27)29-15-17(5-4-16(29)2)24-12-13-28-30(24)20-9-6-18(25)7-10-20/h3-15H,2H2,1H3/b23-3-. The molecule has 0 unspecified atom stereocenters.